The Morgan fingerprint density at radius 2 is 1.73 bits per heavy atom. The summed E-state index contributed by atoms with van der Waals surface area (Å²) in [6, 6.07) is 8.41. The molecule has 1 atom stereocenters. The average Bonchev–Trinajstić information content (AvgIpc) is 2.90. The predicted molar refractivity (Wildman–Crippen MR) is 167 cm³/mol. The summed E-state index contributed by atoms with van der Waals surface area (Å²) in [5.74, 6) is 0.729. The molecule has 1 heterocycles. The van der Waals surface area contributed by atoms with Crippen molar-refractivity contribution in [2.24, 2.45) is 5.92 Å². The Labute approximate surface area is 246 Å². The highest BCUT2D eigenvalue weighted by Crippen LogP contribution is 2.33. The summed E-state index contributed by atoms with van der Waals surface area (Å²) in [6.07, 6.45) is 3.98. The van der Waals surface area contributed by atoms with Gasteiger partial charge in [-0.25, -0.2) is 4.79 Å². The molecule has 0 saturated heterocycles. The molecule has 0 fully saturated rings. The van der Waals surface area contributed by atoms with E-state index >= 15 is 0 Å². The number of aryl methyl sites for hydroxylation is 2. The van der Waals surface area contributed by atoms with E-state index in [2.05, 4.69) is 11.9 Å². The topological polar surface area (TPSA) is 88.8 Å². The standard InChI is InChI=1S/C32H44N2O5.C2H6/c1-10-24(11-2)20-26-27(35)19-23(6)38-29(26)28(21(3)4)34(30(36)25-15-13-22(5)14-16-25)18-12-17-33-31(37)39-32(7,8)9;1-2/h10-11,13-16,19,21,28H,1,12,17-18,20H2,2-9H3,(H,33,37);1-2H3/b24-11+;. The molecule has 0 bridgehead atoms. The predicted octanol–water partition coefficient (Wildman–Crippen LogP) is 7.71. The molecule has 1 N–H and O–H groups in total. The van der Waals surface area contributed by atoms with Crippen molar-refractivity contribution < 1.29 is 18.7 Å². The van der Waals surface area contributed by atoms with Crippen molar-refractivity contribution >= 4 is 12.0 Å². The van der Waals surface area contributed by atoms with Gasteiger partial charge < -0.3 is 19.4 Å². The summed E-state index contributed by atoms with van der Waals surface area (Å²) < 4.78 is 11.6. The van der Waals surface area contributed by atoms with Crippen LogP contribution in [0.4, 0.5) is 4.79 Å². The van der Waals surface area contributed by atoms with Crippen LogP contribution in [0.2, 0.25) is 0 Å². The van der Waals surface area contributed by atoms with E-state index in [0.29, 0.717) is 48.6 Å². The number of carbonyl (C=O) groups is 2. The molecule has 0 spiro atoms. The van der Waals surface area contributed by atoms with Gasteiger partial charge in [0.1, 0.15) is 17.1 Å². The minimum Gasteiger partial charge on any atom is -0.464 e. The number of allylic oxidation sites excluding steroid dienone is 3. The first-order chi connectivity index (χ1) is 19.3. The zero-order valence-electron chi connectivity index (χ0n) is 26.7. The first-order valence-electron chi connectivity index (χ1n) is 14.5. The quantitative estimate of drug-likeness (QED) is 0.222. The number of ether oxygens (including phenoxy) is 1. The van der Waals surface area contributed by atoms with E-state index in [-0.39, 0.29) is 17.3 Å². The third kappa shape index (κ3) is 11.1. The van der Waals surface area contributed by atoms with Crippen molar-refractivity contribution in [2.75, 3.05) is 13.1 Å². The van der Waals surface area contributed by atoms with Crippen LogP contribution in [0.25, 0.3) is 0 Å². The third-order valence-electron chi connectivity index (χ3n) is 6.25. The van der Waals surface area contributed by atoms with Gasteiger partial charge in [0.05, 0.1) is 6.04 Å². The Kier molecular flexibility index (Phi) is 14.3. The van der Waals surface area contributed by atoms with Gasteiger partial charge in [-0.05, 0) is 71.6 Å². The van der Waals surface area contributed by atoms with E-state index in [1.165, 1.54) is 6.07 Å². The smallest absolute Gasteiger partial charge is 0.407 e. The van der Waals surface area contributed by atoms with Crippen LogP contribution in [0.3, 0.4) is 0 Å². The maximum atomic E-state index is 14.0. The molecule has 0 aliphatic carbocycles. The Bertz CT molecular complexity index is 1230. The highest BCUT2D eigenvalue weighted by Gasteiger charge is 2.33. The summed E-state index contributed by atoms with van der Waals surface area (Å²) in [5.41, 5.74) is 2.28. The zero-order chi connectivity index (χ0) is 31.3. The lowest BCUT2D eigenvalue weighted by atomic mass is 9.92. The number of carbonyl (C=O) groups excluding carboxylic acids is 2. The van der Waals surface area contributed by atoms with Crippen LogP contribution in [0, 0.1) is 19.8 Å². The molecular formula is C34H50N2O5. The fourth-order valence-corrected chi connectivity index (χ4v) is 4.35. The van der Waals surface area contributed by atoms with Crippen molar-refractivity contribution in [3.05, 3.63) is 93.1 Å². The monoisotopic (exact) mass is 566 g/mol. The lowest BCUT2D eigenvalue weighted by Gasteiger charge is -2.35. The minimum atomic E-state index is -0.601. The van der Waals surface area contributed by atoms with E-state index in [4.69, 9.17) is 9.15 Å². The second kappa shape index (κ2) is 16.6. The fraction of sp³-hybridized carbons (Fsp3) is 0.500. The van der Waals surface area contributed by atoms with Gasteiger partial charge >= 0.3 is 6.09 Å². The maximum absolute atomic E-state index is 14.0. The number of nitrogens with zero attached hydrogens (tertiary/aromatic N) is 1. The van der Waals surface area contributed by atoms with Crippen molar-refractivity contribution in [1.82, 2.24) is 10.2 Å². The molecule has 2 amide bonds. The zero-order valence-corrected chi connectivity index (χ0v) is 26.7. The number of nitrogens with one attached hydrogen (secondary N) is 1. The number of amides is 2. The first-order valence-corrected chi connectivity index (χ1v) is 14.5. The Morgan fingerprint density at radius 3 is 2.24 bits per heavy atom. The molecule has 2 aromatic rings. The number of rotatable bonds is 11. The van der Waals surface area contributed by atoms with E-state index < -0.39 is 17.7 Å². The Morgan fingerprint density at radius 1 is 1.12 bits per heavy atom. The number of benzene rings is 1. The minimum absolute atomic E-state index is 0.0697. The van der Waals surface area contributed by atoms with E-state index in [1.54, 1.807) is 38.7 Å². The van der Waals surface area contributed by atoms with Gasteiger partial charge in [0.25, 0.3) is 5.91 Å². The number of hydrogen-bond acceptors (Lipinski definition) is 5. The van der Waals surface area contributed by atoms with Crippen LogP contribution >= 0.6 is 0 Å². The van der Waals surface area contributed by atoms with Gasteiger partial charge in [-0.15, -0.1) is 0 Å². The average molecular weight is 567 g/mol. The lowest BCUT2D eigenvalue weighted by molar-refractivity contribution is 0.0516. The Hall–Kier alpha value is -3.61. The van der Waals surface area contributed by atoms with Crippen molar-refractivity contribution in [3.63, 3.8) is 0 Å². The van der Waals surface area contributed by atoms with Gasteiger partial charge in [0, 0.05) is 36.7 Å². The highest BCUT2D eigenvalue weighted by molar-refractivity contribution is 5.94. The largest absolute Gasteiger partial charge is 0.464 e. The second-order valence-electron chi connectivity index (χ2n) is 11.1. The summed E-state index contributed by atoms with van der Waals surface area (Å²) >= 11 is 0. The molecule has 2 rings (SSSR count). The molecule has 41 heavy (non-hydrogen) atoms. The van der Waals surface area contributed by atoms with Crippen LogP contribution in [0.5, 0.6) is 0 Å². The van der Waals surface area contributed by atoms with Crippen molar-refractivity contribution in [2.45, 2.75) is 93.7 Å². The molecule has 0 saturated carbocycles. The summed E-state index contributed by atoms with van der Waals surface area (Å²) in [4.78, 5) is 41.1. The van der Waals surface area contributed by atoms with Crippen molar-refractivity contribution in [1.29, 1.82) is 0 Å². The van der Waals surface area contributed by atoms with Gasteiger partial charge in [0.2, 0.25) is 0 Å². The number of alkyl carbamates (subject to hydrolysis) is 1. The molecule has 7 nitrogen and oxygen atoms in total. The normalized spacial score (nSPS) is 12.2. The van der Waals surface area contributed by atoms with Crippen LogP contribution in [0.1, 0.15) is 101 Å². The molecule has 0 radical (unpaired) electrons. The molecular weight excluding hydrogens is 516 g/mol. The third-order valence-corrected chi connectivity index (χ3v) is 6.25. The van der Waals surface area contributed by atoms with Gasteiger partial charge in [-0.3, -0.25) is 9.59 Å². The highest BCUT2D eigenvalue weighted by atomic mass is 16.6. The van der Waals surface area contributed by atoms with Crippen LogP contribution in [-0.4, -0.2) is 35.6 Å². The summed E-state index contributed by atoms with van der Waals surface area (Å²) in [5, 5.41) is 2.77. The molecule has 0 aliphatic heterocycles. The van der Waals surface area contributed by atoms with Gasteiger partial charge in [0.15, 0.2) is 5.43 Å². The van der Waals surface area contributed by atoms with E-state index in [9.17, 15) is 14.4 Å². The Balaban J connectivity index is 0.00000411. The molecule has 1 aromatic carbocycles. The molecule has 1 unspecified atom stereocenters. The molecule has 226 valence electrons. The molecule has 0 aliphatic rings. The fourth-order valence-electron chi connectivity index (χ4n) is 4.35. The SMILES string of the molecule is C=C/C(=C\C)Cc1c(C(C(C)C)N(CCCNC(=O)OC(C)(C)C)C(=O)c2ccc(C)cc2)oc(C)cc1=O.CC. The number of hydrogen-bond donors (Lipinski definition) is 1. The van der Waals surface area contributed by atoms with Gasteiger partial charge in [-0.2, -0.15) is 0 Å². The van der Waals surface area contributed by atoms with E-state index in [0.717, 1.165) is 11.1 Å². The second-order valence-corrected chi connectivity index (χ2v) is 11.1. The molecule has 7 heteroatoms. The maximum Gasteiger partial charge on any atom is 0.407 e. The van der Waals surface area contributed by atoms with Crippen LogP contribution in [-0.2, 0) is 11.2 Å². The van der Waals surface area contributed by atoms with Crippen molar-refractivity contribution in [3.8, 4) is 0 Å². The van der Waals surface area contributed by atoms with Gasteiger partial charge in [-0.1, -0.05) is 64.1 Å². The van der Waals surface area contributed by atoms with Crippen LogP contribution < -0.4 is 10.7 Å². The lowest BCUT2D eigenvalue weighted by Crippen LogP contribution is -2.41. The van der Waals surface area contributed by atoms with Crippen LogP contribution in [0.15, 0.2) is 63.8 Å². The first kappa shape index (κ1) is 35.4. The molecule has 1 aromatic heterocycles. The summed E-state index contributed by atoms with van der Waals surface area (Å²) in [6.45, 7) is 23.6. The summed E-state index contributed by atoms with van der Waals surface area (Å²) in [7, 11) is 0. The van der Waals surface area contributed by atoms with E-state index in [1.807, 2.05) is 71.9 Å².